The van der Waals surface area contributed by atoms with E-state index in [0.717, 1.165) is 38.5 Å². The Morgan fingerprint density at radius 3 is 1.81 bits per heavy atom. The highest BCUT2D eigenvalue weighted by Crippen LogP contribution is 2.11. The van der Waals surface area contributed by atoms with E-state index in [0.29, 0.717) is 12.8 Å². The molecule has 0 radical (unpaired) electrons. The van der Waals surface area contributed by atoms with Gasteiger partial charge in [-0.25, -0.2) is 0 Å². The number of hydrogen-bond donors (Lipinski definition) is 1. The minimum absolute atomic E-state index is 0.0949. The minimum Gasteiger partial charge on any atom is -0.481 e. The summed E-state index contributed by atoms with van der Waals surface area (Å²) in [5, 5.41) is 8.72. The third-order valence-electron chi connectivity index (χ3n) is 2.42. The van der Waals surface area contributed by atoms with Crippen molar-refractivity contribution in [1.29, 1.82) is 0 Å². The minimum atomic E-state index is -2.85. The lowest BCUT2D eigenvalue weighted by atomic mass is 10.1. The lowest BCUT2D eigenvalue weighted by molar-refractivity contribution is -0.137. The van der Waals surface area contributed by atoms with Crippen molar-refractivity contribution in [2.45, 2.75) is 83.8 Å². The van der Waals surface area contributed by atoms with Crippen LogP contribution in [0.4, 0.5) is 0 Å². The van der Waals surface area contributed by atoms with Crippen molar-refractivity contribution in [3.8, 4) is 0 Å². The molecule has 0 aliphatic carbocycles. The van der Waals surface area contributed by atoms with Gasteiger partial charge in [-0.05, 0) is 6.37 Å². The molecule has 0 unspecified atom stereocenters. The van der Waals surface area contributed by atoms with Crippen LogP contribution in [0.2, 0.25) is 0 Å². The van der Waals surface area contributed by atoms with Crippen molar-refractivity contribution in [2.24, 2.45) is 0 Å². The van der Waals surface area contributed by atoms with Crippen LogP contribution in [0.5, 0.6) is 0 Å². The number of carbonyl (C=O) groups is 1. The number of aliphatic carboxylic acids is 1. The Balaban J connectivity index is 3.72. The Morgan fingerprint density at radius 1 is 0.938 bits per heavy atom. The van der Waals surface area contributed by atoms with Crippen LogP contribution in [-0.2, 0) is 4.79 Å². The molecule has 96 valence electrons. The molecule has 0 rings (SSSR count). The molecule has 0 amide bonds. The molecule has 0 saturated carbocycles. The molecule has 0 spiro atoms. The van der Waals surface area contributed by atoms with Gasteiger partial charge in [0.2, 0.25) is 0 Å². The molecular formula is C14H28O2. The zero-order valence-electron chi connectivity index (χ0n) is 16.2. The van der Waals surface area contributed by atoms with Crippen LogP contribution < -0.4 is 0 Å². The molecule has 0 fully saturated rings. The van der Waals surface area contributed by atoms with E-state index in [1.165, 1.54) is 0 Å². The summed E-state index contributed by atoms with van der Waals surface area (Å²) in [5.74, 6) is -1.76. The molecule has 2 nitrogen and oxygen atoms in total. The Bertz CT molecular complexity index is 339. The van der Waals surface area contributed by atoms with Crippen LogP contribution in [0.1, 0.15) is 92.1 Å². The van der Waals surface area contributed by atoms with Crippen LogP contribution in [0, 0.1) is 0 Å². The Labute approximate surface area is 109 Å². The summed E-state index contributed by atoms with van der Waals surface area (Å²) in [6.45, 7) is 1.58. The van der Waals surface area contributed by atoms with E-state index in [1.54, 1.807) is 6.92 Å². The lowest BCUT2D eigenvalue weighted by Crippen LogP contribution is -1.93. The van der Waals surface area contributed by atoms with Crippen molar-refractivity contribution in [2.75, 3.05) is 0 Å². The highest BCUT2D eigenvalue weighted by Gasteiger charge is 1.96. The quantitative estimate of drug-likeness (QED) is 0.494. The van der Waals surface area contributed by atoms with E-state index in [4.69, 9.17) is 13.3 Å². The molecule has 0 aromatic heterocycles. The number of rotatable bonds is 12. The maximum atomic E-state index is 10.7. The van der Waals surface area contributed by atoms with Gasteiger partial charge in [0, 0.05) is 14.6 Å². The zero-order valence-corrected chi connectivity index (χ0v) is 10.2. The predicted molar refractivity (Wildman–Crippen MR) is 68.7 cm³/mol. The second-order valence-corrected chi connectivity index (χ2v) is 3.94. The monoisotopic (exact) mass is 234 g/mol. The normalized spacial score (nSPS) is 18.8. The van der Waals surface area contributed by atoms with E-state index in [-0.39, 0.29) is 6.42 Å². The molecule has 0 saturated heterocycles. The first-order chi connectivity index (χ1) is 9.90. The fraction of sp³-hybridized carbons (Fsp3) is 0.929. The van der Waals surface area contributed by atoms with Gasteiger partial charge in [0.05, 0.1) is 0 Å². The van der Waals surface area contributed by atoms with E-state index in [9.17, 15) is 4.79 Å². The van der Waals surface area contributed by atoms with Crippen molar-refractivity contribution in [3.63, 3.8) is 0 Å². The second kappa shape index (κ2) is 12.5. The van der Waals surface area contributed by atoms with Crippen LogP contribution >= 0.6 is 0 Å². The number of carboxylic acids is 1. The molecule has 0 aliphatic heterocycles. The van der Waals surface area contributed by atoms with Gasteiger partial charge in [0.15, 0.2) is 0 Å². The summed E-state index contributed by atoms with van der Waals surface area (Å²) in [5.41, 5.74) is 0. The molecule has 0 aliphatic rings. The van der Waals surface area contributed by atoms with Gasteiger partial charge in [-0.15, -0.1) is 0 Å². The Hall–Kier alpha value is -0.530. The number of carboxylic acid groups (broad SMARTS) is 1. The third kappa shape index (κ3) is 13.5. The topological polar surface area (TPSA) is 37.3 Å². The van der Waals surface area contributed by atoms with E-state index in [1.807, 2.05) is 0 Å². The molecule has 0 aromatic rings. The average Bonchev–Trinajstić information content (AvgIpc) is 2.34. The largest absolute Gasteiger partial charge is 0.481 e. The zero-order chi connectivity index (χ0) is 17.4. The number of unbranched alkanes of at least 4 members (excludes halogenated alkanes) is 6. The van der Waals surface area contributed by atoms with E-state index in [2.05, 4.69) is 0 Å². The van der Waals surface area contributed by atoms with Gasteiger partial charge in [-0.2, -0.15) is 0 Å². The van der Waals surface area contributed by atoms with Gasteiger partial charge in [0.1, 0.15) is 0 Å². The maximum absolute atomic E-state index is 10.7. The highest BCUT2D eigenvalue weighted by atomic mass is 16.4. The Kier molecular flexibility index (Phi) is 6.06. The molecule has 0 atom stereocenters. The van der Waals surface area contributed by atoms with Crippen LogP contribution in [0.15, 0.2) is 0 Å². The maximum Gasteiger partial charge on any atom is 0.303 e. The van der Waals surface area contributed by atoms with Gasteiger partial charge < -0.3 is 5.11 Å². The van der Waals surface area contributed by atoms with Crippen LogP contribution in [-0.4, -0.2) is 11.1 Å². The van der Waals surface area contributed by atoms with Gasteiger partial charge in [0.25, 0.3) is 0 Å². The second-order valence-electron chi connectivity index (χ2n) is 3.94. The molecule has 1 N–H and O–H groups in total. The third-order valence-corrected chi connectivity index (χ3v) is 2.42. The average molecular weight is 234 g/mol. The van der Waals surface area contributed by atoms with Gasteiger partial charge >= 0.3 is 5.97 Å². The van der Waals surface area contributed by atoms with Crippen molar-refractivity contribution < 1.29 is 18.1 Å². The van der Waals surface area contributed by atoms with Crippen LogP contribution in [0.25, 0.3) is 0 Å². The summed E-state index contributed by atoms with van der Waals surface area (Å²) in [7, 11) is 0. The summed E-state index contributed by atoms with van der Waals surface area (Å²) >= 11 is 0. The molecule has 0 aromatic carbocycles. The predicted octanol–water partition coefficient (Wildman–Crippen LogP) is 4.77. The summed E-state index contributed by atoms with van der Waals surface area (Å²) in [6, 6.07) is 0. The smallest absolute Gasteiger partial charge is 0.303 e. The first kappa shape index (κ1) is 7.73. The van der Waals surface area contributed by atoms with Crippen molar-refractivity contribution in [3.05, 3.63) is 0 Å². The summed E-state index contributed by atoms with van der Waals surface area (Å²) < 4.78 is 44.5. The SMILES string of the molecule is [2H]C([2H])(C)CCCCCCCCCC([2H])([2H])C([2H])([2H])C(=O)O. The van der Waals surface area contributed by atoms with Crippen molar-refractivity contribution in [1.82, 2.24) is 0 Å². The highest BCUT2D eigenvalue weighted by molar-refractivity contribution is 5.66. The lowest BCUT2D eigenvalue weighted by Gasteiger charge is -2.01. The molecule has 2 heteroatoms. The van der Waals surface area contributed by atoms with Gasteiger partial charge in [-0.1, -0.05) is 71.1 Å². The fourth-order valence-electron chi connectivity index (χ4n) is 1.54. The standard InChI is InChI=1S/C14H28O2/c1-2-3-4-5-6-7-8-9-10-11-12-13-14(15)16/h2-13H2,1H3,(H,15,16)/i2D2,12D2,13D2. The van der Waals surface area contributed by atoms with E-state index < -0.39 is 25.1 Å². The van der Waals surface area contributed by atoms with Crippen molar-refractivity contribution >= 4 is 5.97 Å². The summed E-state index contributed by atoms with van der Waals surface area (Å²) in [6.07, 6.45) is 0.139. The number of hydrogen-bond acceptors (Lipinski definition) is 1. The van der Waals surface area contributed by atoms with E-state index >= 15 is 0 Å². The molecular weight excluding hydrogens is 200 g/mol. The summed E-state index contributed by atoms with van der Waals surface area (Å²) in [4.78, 5) is 10.7. The molecule has 0 bridgehead atoms. The fourth-order valence-corrected chi connectivity index (χ4v) is 1.54. The van der Waals surface area contributed by atoms with Gasteiger partial charge in [-0.3, -0.25) is 4.79 Å². The molecule has 16 heavy (non-hydrogen) atoms. The van der Waals surface area contributed by atoms with Crippen LogP contribution in [0.3, 0.4) is 0 Å². The first-order valence-electron chi connectivity index (χ1n) is 9.13. The first-order valence-corrected chi connectivity index (χ1v) is 6.13. The molecule has 0 heterocycles. The Morgan fingerprint density at radius 2 is 1.38 bits per heavy atom.